The molecule has 1 fully saturated rings. The Morgan fingerprint density at radius 3 is 2.07 bits per heavy atom. The lowest BCUT2D eigenvalue weighted by Gasteiger charge is -2.35. The van der Waals surface area contributed by atoms with Gasteiger partial charge in [0.05, 0.1) is 23.0 Å². The topological polar surface area (TPSA) is 90.0 Å². The van der Waals surface area contributed by atoms with Gasteiger partial charge < -0.3 is 9.47 Å². The van der Waals surface area contributed by atoms with Gasteiger partial charge in [-0.2, -0.15) is 4.31 Å². The minimum absolute atomic E-state index is 0.00429. The molecule has 0 N–H and O–H groups in total. The number of esters is 1. The third kappa shape index (κ3) is 5.50. The van der Waals surface area contributed by atoms with Crippen molar-refractivity contribution in [2.24, 2.45) is 5.92 Å². The van der Waals surface area contributed by atoms with E-state index in [4.69, 9.17) is 9.47 Å². The molecule has 0 heterocycles. The Labute approximate surface area is 173 Å². The third-order valence-electron chi connectivity index (χ3n) is 4.39. The lowest BCUT2D eigenvalue weighted by molar-refractivity contribution is -0.144. The third-order valence-corrected chi connectivity index (χ3v) is 6.44. The van der Waals surface area contributed by atoms with Crippen LogP contribution in [0, 0.1) is 5.92 Å². The summed E-state index contributed by atoms with van der Waals surface area (Å²) in [5, 5.41) is 0. The standard InChI is InChI=1S/C21H31NO6S/c1-8-27-18(23)17-13-16(17)14-9-11-15(12-10-14)29(25,26)22(20(2,3)4)19(24)28-21(5,6)7/h9-12,16-17H,8,13H2,1-7H3/t16-,17+/m1/s1. The van der Waals surface area contributed by atoms with Crippen molar-refractivity contribution in [3.05, 3.63) is 29.8 Å². The number of amides is 1. The molecular formula is C21H31NO6S. The van der Waals surface area contributed by atoms with Crippen molar-refractivity contribution in [1.82, 2.24) is 4.31 Å². The van der Waals surface area contributed by atoms with Crippen LogP contribution in [0.2, 0.25) is 0 Å². The van der Waals surface area contributed by atoms with Crippen molar-refractivity contribution in [3.63, 3.8) is 0 Å². The van der Waals surface area contributed by atoms with Crippen molar-refractivity contribution >= 4 is 22.1 Å². The molecule has 2 rings (SSSR count). The SMILES string of the molecule is CCOC(=O)[C@H]1C[C@@H]1c1ccc(S(=O)(=O)N(C(=O)OC(C)(C)C)C(C)(C)C)cc1. The van der Waals surface area contributed by atoms with Crippen molar-refractivity contribution in [2.45, 2.75) is 76.8 Å². The van der Waals surface area contributed by atoms with E-state index in [1.807, 2.05) is 0 Å². The Bertz CT molecular complexity index is 862. The first kappa shape index (κ1) is 23.2. The molecule has 0 aliphatic heterocycles. The van der Waals surface area contributed by atoms with Crippen LogP contribution >= 0.6 is 0 Å². The fourth-order valence-electron chi connectivity index (χ4n) is 3.10. The van der Waals surface area contributed by atoms with Crippen LogP contribution in [0.3, 0.4) is 0 Å². The highest BCUT2D eigenvalue weighted by Gasteiger charge is 2.45. The van der Waals surface area contributed by atoms with Crippen molar-refractivity contribution < 1.29 is 27.5 Å². The van der Waals surface area contributed by atoms with Crippen molar-refractivity contribution in [3.8, 4) is 0 Å². The molecule has 0 radical (unpaired) electrons. The highest BCUT2D eigenvalue weighted by molar-refractivity contribution is 7.89. The van der Waals surface area contributed by atoms with E-state index in [1.54, 1.807) is 60.6 Å². The van der Waals surface area contributed by atoms with Gasteiger partial charge in [-0.15, -0.1) is 0 Å². The minimum atomic E-state index is -4.12. The quantitative estimate of drug-likeness (QED) is 0.661. The molecule has 2 atom stereocenters. The molecule has 1 aromatic rings. The van der Waals surface area contributed by atoms with E-state index in [0.29, 0.717) is 13.0 Å². The highest BCUT2D eigenvalue weighted by atomic mass is 32.2. The molecule has 1 aromatic carbocycles. The normalized spacial score (nSPS) is 19.4. The molecule has 7 nitrogen and oxygen atoms in total. The Morgan fingerprint density at radius 1 is 1.07 bits per heavy atom. The second-order valence-electron chi connectivity index (χ2n) is 9.19. The average Bonchev–Trinajstić information content (AvgIpc) is 3.32. The van der Waals surface area contributed by atoms with Crippen LogP contribution < -0.4 is 0 Å². The fourth-order valence-corrected chi connectivity index (χ4v) is 4.75. The van der Waals surface area contributed by atoms with Crippen LogP contribution in [0.1, 0.15) is 66.4 Å². The van der Waals surface area contributed by atoms with Gasteiger partial charge in [0.15, 0.2) is 0 Å². The van der Waals surface area contributed by atoms with Crippen LogP contribution in [0.15, 0.2) is 29.2 Å². The van der Waals surface area contributed by atoms with Crippen LogP contribution in [0.5, 0.6) is 0 Å². The maximum Gasteiger partial charge on any atom is 0.424 e. The molecule has 0 bridgehead atoms. The summed E-state index contributed by atoms with van der Waals surface area (Å²) in [7, 11) is -4.12. The molecule has 1 amide bonds. The first-order valence-corrected chi connectivity index (χ1v) is 11.2. The molecule has 0 unspecified atom stereocenters. The Balaban J connectivity index is 2.27. The predicted molar refractivity (Wildman–Crippen MR) is 109 cm³/mol. The summed E-state index contributed by atoms with van der Waals surface area (Å²) in [5.41, 5.74) is -0.957. The Hall–Kier alpha value is -2.09. The lowest BCUT2D eigenvalue weighted by Crippen LogP contribution is -2.51. The number of carbonyl (C=O) groups is 2. The number of nitrogens with zero attached hydrogens (tertiary/aromatic N) is 1. The zero-order valence-electron chi connectivity index (χ0n) is 18.2. The summed E-state index contributed by atoms with van der Waals surface area (Å²) < 4.78 is 37.6. The van der Waals surface area contributed by atoms with Gasteiger partial charge in [0.2, 0.25) is 0 Å². The molecule has 8 heteroatoms. The van der Waals surface area contributed by atoms with Gasteiger partial charge in [-0.3, -0.25) is 4.79 Å². The molecule has 0 spiro atoms. The van der Waals surface area contributed by atoms with Crippen LogP contribution in [-0.4, -0.2) is 42.5 Å². The summed E-state index contributed by atoms with van der Waals surface area (Å²) in [6.07, 6.45) is -0.226. The zero-order chi connectivity index (χ0) is 22.2. The van der Waals surface area contributed by atoms with Gasteiger partial charge in [0.25, 0.3) is 10.0 Å². The smallest absolute Gasteiger partial charge is 0.424 e. The lowest BCUT2D eigenvalue weighted by atomic mass is 10.1. The Morgan fingerprint density at radius 2 is 1.62 bits per heavy atom. The van der Waals surface area contributed by atoms with E-state index in [0.717, 1.165) is 9.87 Å². The van der Waals surface area contributed by atoms with Crippen LogP contribution in [0.4, 0.5) is 4.79 Å². The van der Waals surface area contributed by atoms with Gasteiger partial charge in [0.1, 0.15) is 5.60 Å². The van der Waals surface area contributed by atoms with E-state index < -0.39 is 27.3 Å². The van der Waals surface area contributed by atoms with Crippen LogP contribution in [0.25, 0.3) is 0 Å². The van der Waals surface area contributed by atoms with Gasteiger partial charge in [0, 0.05) is 0 Å². The summed E-state index contributed by atoms with van der Waals surface area (Å²) in [4.78, 5) is 24.5. The number of hydrogen-bond acceptors (Lipinski definition) is 6. The molecule has 1 aliphatic rings. The molecule has 1 saturated carbocycles. The molecule has 162 valence electrons. The maximum atomic E-state index is 13.2. The van der Waals surface area contributed by atoms with Gasteiger partial charge >= 0.3 is 12.1 Å². The molecule has 0 aromatic heterocycles. The number of benzene rings is 1. The molecule has 29 heavy (non-hydrogen) atoms. The maximum absolute atomic E-state index is 13.2. The molecular weight excluding hydrogens is 394 g/mol. The van der Waals surface area contributed by atoms with E-state index in [-0.39, 0.29) is 22.7 Å². The predicted octanol–water partition coefficient (Wildman–Crippen LogP) is 4.08. The summed E-state index contributed by atoms with van der Waals surface area (Å²) in [6.45, 7) is 12.1. The number of rotatable bonds is 5. The Kier molecular flexibility index (Phi) is 6.37. The number of hydrogen-bond donors (Lipinski definition) is 0. The highest BCUT2D eigenvalue weighted by Crippen LogP contribution is 2.48. The second-order valence-corrected chi connectivity index (χ2v) is 11.0. The molecule has 1 aliphatic carbocycles. The first-order valence-electron chi connectivity index (χ1n) is 9.73. The van der Waals surface area contributed by atoms with Crippen molar-refractivity contribution in [1.29, 1.82) is 0 Å². The van der Waals surface area contributed by atoms with E-state index in [9.17, 15) is 18.0 Å². The van der Waals surface area contributed by atoms with E-state index in [2.05, 4.69) is 0 Å². The van der Waals surface area contributed by atoms with Crippen LogP contribution in [-0.2, 0) is 24.3 Å². The molecule has 0 saturated heterocycles. The van der Waals surface area contributed by atoms with Gasteiger partial charge in [-0.1, -0.05) is 12.1 Å². The largest absolute Gasteiger partial charge is 0.466 e. The van der Waals surface area contributed by atoms with Gasteiger partial charge in [-0.25, -0.2) is 13.2 Å². The number of sulfonamides is 1. The first-order chi connectivity index (χ1) is 13.2. The summed E-state index contributed by atoms with van der Waals surface area (Å²) in [5.74, 6) is -0.362. The van der Waals surface area contributed by atoms with Gasteiger partial charge in [-0.05, 0) is 78.5 Å². The summed E-state index contributed by atoms with van der Waals surface area (Å²) >= 11 is 0. The monoisotopic (exact) mass is 425 g/mol. The zero-order valence-corrected chi connectivity index (χ0v) is 19.0. The average molecular weight is 426 g/mol. The summed E-state index contributed by atoms with van der Waals surface area (Å²) in [6, 6.07) is 6.31. The van der Waals surface area contributed by atoms with E-state index in [1.165, 1.54) is 12.1 Å². The number of ether oxygens (including phenoxy) is 2. The minimum Gasteiger partial charge on any atom is -0.466 e. The second kappa shape index (κ2) is 7.97. The van der Waals surface area contributed by atoms with Crippen molar-refractivity contribution in [2.75, 3.05) is 6.61 Å². The number of carbonyl (C=O) groups excluding carboxylic acids is 2. The van der Waals surface area contributed by atoms with E-state index >= 15 is 0 Å². The fraction of sp³-hybridized carbons (Fsp3) is 0.619.